The minimum absolute atomic E-state index is 0.489. The Balaban J connectivity index is 2.22. The van der Waals surface area contributed by atoms with E-state index in [4.69, 9.17) is 17.1 Å². The molecule has 4 heteroatoms. The maximum Gasteiger partial charge on any atom is 0.279 e. The number of nitrogens with one attached hydrogen (secondary N) is 1. The summed E-state index contributed by atoms with van der Waals surface area (Å²) in [5.74, 6) is 0. The van der Waals surface area contributed by atoms with Gasteiger partial charge in [-0.15, -0.1) is 5.06 Å². The number of rotatable bonds is 2. The van der Waals surface area contributed by atoms with Gasteiger partial charge in [0.05, 0.1) is 0 Å². The maximum absolute atomic E-state index is 5.06. The molecule has 0 aromatic carbocycles. The Bertz CT molecular complexity index is 118. The summed E-state index contributed by atoms with van der Waals surface area (Å²) in [7, 11) is 0. The van der Waals surface area contributed by atoms with Crippen LogP contribution in [0, 0.1) is 0 Å². The second-order valence-corrected chi connectivity index (χ2v) is 2.29. The highest BCUT2D eigenvalue weighted by Gasteiger charge is 2.14. The van der Waals surface area contributed by atoms with Gasteiger partial charge in [-0.2, -0.15) is 0 Å². The van der Waals surface area contributed by atoms with Gasteiger partial charge in [0.25, 0.3) is 5.17 Å². The lowest BCUT2D eigenvalue weighted by atomic mass is 10.5. The van der Waals surface area contributed by atoms with E-state index in [1.807, 2.05) is 5.06 Å². The molecule has 1 fully saturated rings. The molecule has 1 heterocycles. The van der Waals surface area contributed by atoms with Gasteiger partial charge in [0.2, 0.25) is 0 Å². The third-order valence-electron chi connectivity index (χ3n) is 1.08. The lowest BCUT2D eigenvalue weighted by molar-refractivity contribution is -0.0403. The Morgan fingerprint density at radius 2 is 2.67 bits per heavy atom. The van der Waals surface area contributed by atoms with E-state index < -0.39 is 0 Å². The number of nitrogens with zero attached hydrogens (tertiary/aromatic N) is 1. The third-order valence-corrected chi connectivity index (χ3v) is 1.30. The first kappa shape index (κ1) is 6.77. The Hall–Kier alpha value is -0.350. The molecule has 1 aliphatic rings. The van der Waals surface area contributed by atoms with E-state index in [-0.39, 0.29) is 0 Å². The van der Waals surface area contributed by atoms with E-state index in [1.165, 1.54) is 0 Å². The van der Waals surface area contributed by atoms with Crippen molar-refractivity contribution < 1.29 is 4.84 Å². The molecule has 1 saturated heterocycles. The third kappa shape index (κ3) is 1.80. The molecule has 1 aliphatic heterocycles. The van der Waals surface area contributed by atoms with E-state index in [0.29, 0.717) is 5.17 Å². The van der Waals surface area contributed by atoms with Crippen LogP contribution in [-0.4, -0.2) is 23.5 Å². The van der Waals surface area contributed by atoms with Crippen molar-refractivity contribution in [2.45, 2.75) is 13.3 Å². The SMILES string of the molecule is CCCN1CNC(=S)O1. The van der Waals surface area contributed by atoms with Crippen LogP contribution >= 0.6 is 12.2 Å². The van der Waals surface area contributed by atoms with Crippen molar-refractivity contribution in [2.24, 2.45) is 0 Å². The zero-order chi connectivity index (χ0) is 6.69. The van der Waals surface area contributed by atoms with Crippen LogP contribution in [0.5, 0.6) is 0 Å². The molecular weight excluding hydrogens is 136 g/mol. The normalized spacial score (nSPS) is 19.4. The fourth-order valence-electron chi connectivity index (χ4n) is 0.709. The van der Waals surface area contributed by atoms with Crippen molar-refractivity contribution >= 4 is 17.4 Å². The molecule has 52 valence electrons. The average molecular weight is 146 g/mol. The summed E-state index contributed by atoms with van der Waals surface area (Å²) in [6, 6.07) is 0. The molecule has 0 spiro atoms. The van der Waals surface area contributed by atoms with Crippen molar-refractivity contribution in [3.8, 4) is 0 Å². The summed E-state index contributed by atoms with van der Waals surface area (Å²) in [5, 5.41) is 5.19. The monoisotopic (exact) mass is 146 g/mol. The lowest BCUT2D eigenvalue weighted by Crippen LogP contribution is -2.21. The zero-order valence-corrected chi connectivity index (χ0v) is 6.20. The van der Waals surface area contributed by atoms with Crippen molar-refractivity contribution in [3.63, 3.8) is 0 Å². The van der Waals surface area contributed by atoms with Gasteiger partial charge in [-0.1, -0.05) is 6.92 Å². The molecule has 0 radical (unpaired) electrons. The molecule has 0 atom stereocenters. The Kier molecular flexibility index (Phi) is 2.24. The predicted octanol–water partition coefficient (Wildman–Crippen LogP) is 0.476. The fourth-order valence-corrected chi connectivity index (χ4v) is 0.879. The molecule has 9 heavy (non-hydrogen) atoms. The molecule has 1 N–H and O–H groups in total. The summed E-state index contributed by atoms with van der Waals surface area (Å²) in [6.45, 7) is 3.77. The highest BCUT2D eigenvalue weighted by molar-refractivity contribution is 7.80. The molecule has 3 nitrogen and oxygen atoms in total. The van der Waals surface area contributed by atoms with Crippen LogP contribution < -0.4 is 5.32 Å². The average Bonchev–Trinajstić information content (AvgIpc) is 2.17. The van der Waals surface area contributed by atoms with Crippen molar-refractivity contribution in [1.82, 2.24) is 10.4 Å². The van der Waals surface area contributed by atoms with Gasteiger partial charge in [-0.05, 0) is 18.6 Å². The largest absolute Gasteiger partial charge is 0.374 e. The van der Waals surface area contributed by atoms with Crippen LogP contribution in [0.3, 0.4) is 0 Å². The smallest absolute Gasteiger partial charge is 0.279 e. The second-order valence-electron chi connectivity index (χ2n) is 1.92. The van der Waals surface area contributed by atoms with E-state index in [2.05, 4.69) is 12.2 Å². The van der Waals surface area contributed by atoms with Gasteiger partial charge in [-0.25, -0.2) is 0 Å². The molecule has 0 unspecified atom stereocenters. The quantitative estimate of drug-likeness (QED) is 0.572. The molecule has 0 aromatic heterocycles. The minimum Gasteiger partial charge on any atom is -0.374 e. The predicted molar refractivity (Wildman–Crippen MR) is 38.7 cm³/mol. The van der Waals surface area contributed by atoms with Gasteiger partial charge in [0.1, 0.15) is 6.67 Å². The number of hydrogen-bond acceptors (Lipinski definition) is 3. The molecule has 0 bridgehead atoms. The molecule has 0 amide bonds. The molecular formula is C5H10N2OS. The van der Waals surface area contributed by atoms with E-state index >= 15 is 0 Å². The van der Waals surface area contributed by atoms with Crippen LogP contribution in [0.25, 0.3) is 0 Å². The highest BCUT2D eigenvalue weighted by atomic mass is 32.1. The fraction of sp³-hybridized carbons (Fsp3) is 0.800. The van der Waals surface area contributed by atoms with Crippen LogP contribution in [0.2, 0.25) is 0 Å². The molecule has 0 aromatic rings. The van der Waals surface area contributed by atoms with Crippen LogP contribution in [0.1, 0.15) is 13.3 Å². The summed E-state index contributed by atoms with van der Waals surface area (Å²) >= 11 is 4.74. The van der Waals surface area contributed by atoms with Gasteiger partial charge >= 0.3 is 0 Å². The summed E-state index contributed by atoms with van der Waals surface area (Å²) < 4.78 is 0. The van der Waals surface area contributed by atoms with Crippen molar-refractivity contribution in [1.29, 1.82) is 0 Å². The maximum atomic E-state index is 5.06. The summed E-state index contributed by atoms with van der Waals surface area (Å²) in [5.41, 5.74) is 0. The van der Waals surface area contributed by atoms with Crippen molar-refractivity contribution in [3.05, 3.63) is 0 Å². The Morgan fingerprint density at radius 3 is 3.11 bits per heavy atom. The minimum atomic E-state index is 0.489. The van der Waals surface area contributed by atoms with E-state index in [0.717, 1.165) is 19.6 Å². The van der Waals surface area contributed by atoms with Gasteiger partial charge in [-0.3, -0.25) is 0 Å². The number of thiocarbonyl (C=S) groups is 1. The lowest BCUT2D eigenvalue weighted by Gasteiger charge is -2.08. The number of hydrogen-bond donors (Lipinski definition) is 1. The van der Waals surface area contributed by atoms with Crippen LogP contribution in [0.4, 0.5) is 0 Å². The van der Waals surface area contributed by atoms with Gasteiger partial charge < -0.3 is 10.2 Å². The first-order valence-corrected chi connectivity index (χ1v) is 3.44. The topological polar surface area (TPSA) is 24.5 Å². The first-order valence-electron chi connectivity index (χ1n) is 3.03. The van der Waals surface area contributed by atoms with Gasteiger partial charge in [0, 0.05) is 6.54 Å². The van der Waals surface area contributed by atoms with Gasteiger partial charge in [0.15, 0.2) is 0 Å². The highest BCUT2D eigenvalue weighted by Crippen LogP contribution is 1.98. The van der Waals surface area contributed by atoms with Crippen molar-refractivity contribution in [2.75, 3.05) is 13.2 Å². The number of hydroxylamine groups is 2. The standard InChI is InChI=1S/C5H10N2OS/c1-2-3-7-4-6-5(9)8-7/h2-4H2,1H3,(H,6,9). The van der Waals surface area contributed by atoms with Crippen LogP contribution in [-0.2, 0) is 4.84 Å². The van der Waals surface area contributed by atoms with Crippen LogP contribution in [0.15, 0.2) is 0 Å². The van der Waals surface area contributed by atoms with E-state index in [1.54, 1.807) is 0 Å². The Morgan fingerprint density at radius 1 is 1.89 bits per heavy atom. The second kappa shape index (κ2) is 2.98. The summed E-state index contributed by atoms with van der Waals surface area (Å²) in [4.78, 5) is 5.06. The molecule has 1 rings (SSSR count). The Labute approximate surface area is 59.9 Å². The first-order chi connectivity index (χ1) is 4.33. The molecule has 0 aliphatic carbocycles. The van der Waals surface area contributed by atoms with E-state index in [9.17, 15) is 0 Å². The zero-order valence-electron chi connectivity index (χ0n) is 5.39. The molecule has 0 saturated carbocycles. The summed E-state index contributed by atoms with van der Waals surface area (Å²) in [6.07, 6.45) is 1.09.